The summed E-state index contributed by atoms with van der Waals surface area (Å²) in [7, 11) is -3.90. The van der Waals surface area contributed by atoms with Crippen molar-refractivity contribution in [3.8, 4) is 0 Å². The van der Waals surface area contributed by atoms with Crippen molar-refractivity contribution in [2.75, 3.05) is 26.2 Å². The summed E-state index contributed by atoms with van der Waals surface area (Å²) in [4.78, 5) is 14.0. The topological polar surface area (TPSA) is 75.7 Å². The number of rotatable bonds is 5. The molecule has 3 rings (SSSR count). The van der Waals surface area contributed by atoms with Crippen LogP contribution in [0.25, 0.3) is 0 Å². The molecule has 0 unspecified atom stereocenters. The Kier molecular flexibility index (Phi) is 5.88. The Morgan fingerprint density at radius 1 is 1.26 bits per heavy atom. The maximum Gasteiger partial charge on any atom is 0.241 e. The van der Waals surface area contributed by atoms with Gasteiger partial charge in [0.25, 0.3) is 0 Å². The number of aryl methyl sites for hydroxylation is 1. The molecular weight excluding hydrogens is 371 g/mol. The molecular formula is C19H21FN2O4S. The Morgan fingerprint density at radius 2 is 2.00 bits per heavy atom. The monoisotopic (exact) mass is 392 g/mol. The van der Waals surface area contributed by atoms with Gasteiger partial charge in [0.05, 0.1) is 24.6 Å². The molecule has 0 aliphatic carbocycles. The molecule has 0 bridgehead atoms. The minimum Gasteiger partial charge on any atom is -0.370 e. The lowest BCUT2D eigenvalue weighted by Gasteiger charge is -2.33. The fraction of sp³-hybridized carbons (Fsp3) is 0.316. The lowest BCUT2D eigenvalue weighted by Crippen LogP contribution is -2.46. The van der Waals surface area contributed by atoms with Crippen molar-refractivity contribution in [1.29, 1.82) is 0 Å². The van der Waals surface area contributed by atoms with Crippen LogP contribution < -0.4 is 4.72 Å². The van der Waals surface area contributed by atoms with E-state index in [4.69, 9.17) is 4.74 Å². The van der Waals surface area contributed by atoms with Crippen molar-refractivity contribution in [2.24, 2.45) is 0 Å². The Bertz CT molecular complexity index is 919. The highest BCUT2D eigenvalue weighted by atomic mass is 32.2. The number of ether oxygens (including phenoxy) is 1. The number of sulfonamides is 1. The zero-order valence-electron chi connectivity index (χ0n) is 14.9. The van der Waals surface area contributed by atoms with Gasteiger partial charge in [0.2, 0.25) is 15.9 Å². The summed E-state index contributed by atoms with van der Waals surface area (Å²) in [6, 6.07) is 13.0. The van der Waals surface area contributed by atoms with E-state index in [1.54, 1.807) is 4.90 Å². The highest BCUT2D eigenvalue weighted by Gasteiger charge is 2.26. The lowest BCUT2D eigenvalue weighted by molar-refractivity contribution is -0.137. The standard InChI is InChI=1S/C19H21FN2O4S/c1-14-11-16(20)7-8-18(14)27(24,25)21-12-19(23)22-9-10-26-17(13-22)15-5-3-2-4-6-15/h2-8,11,17,21H,9-10,12-13H2,1H3/t17-/m0/s1. The molecule has 1 atom stereocenters. The molecule has 2 aromatic carbocycles. The van der Waals surface area contributed by atoms with Gasteiger partial charge in [-0.25, -0.2) is 17.5 Å². The van der Waals surface area contributed by atoms with E-state index in [9.17, 15) is 17.6 Å². The van der Waals surface area contributed by atoms with Crippen LogP contribution in [-0.2, 0) is 19.6 Å². The molecule has 1 heterocycles. The quantitative estimate of drug-likeness (QED) is 0.845. The largest absolute Gasteiger partial charge is 0.370 e. The number of halogens is 1. The highest BCUT2D eigenvalue weighted by Crippen LogP contribution is 2.22. The molecule has 144 valence electrons. The number of nitrogens with zero attached hydrogens (tertiary/aromatic N) is 1. The summed E-state index contributed by atoms with van der Waals surface area (Å²) in [5, 5.41) is 0. The minimum absolute atomic E-state index is 0.0409. The van der Waals surface area contributed by atoms with Gasteiger partial charge in [0.15, 0.2) is 0 Å². The first-order chi connectivity index (χ1) is 12.9. The van der Waals surface area contributed by atoms with E-state index < -0.39 is 15.8 Å². The van der Waals surface area contributed by atoms with Crippen LogP contribution >= 0.6 is 0 Å². The zero-order chi connectivity index (χ0) is 19.4. The van der Waals surface area contributed by atoms with E-state index in [0.29, 0.717) is 19.7 Å². The number of hydrogen-bond donors (Lipinski definition) is 1. The predicted molar refractivity (Wildman–Crippen MR) is 98.0 cm³/mol. The highest BCUT2D eigenvalue weighted by molar-refractivity contribution is 7.89. The summed E-state index contributed by atoms with van der Waals surface area (Å²) in [6.07, 6.45) is -0.236. The molecule has 2 aromatic rings. The van der Waals surface area contributed by atoms with Crippen molar-refractivity contribution in [3.63, 3.8) is 0 Å². The van der Waals surface area contributed by atoms with E-state index in [-0.39, 0.29) is 29.0 Å². The third kappa shape index (κ3) is 4.71. The van der Waals surface area contributed by atoms with Crippen molar-refractivity contribution >= 4 is 15.9 Å². The van der Waals surface area contributed by atoms with Gasteiger partial charge in [-0.3, -0.25) is 4.79 Å². The molecule has 1 aliphatic rings. The maximum absolute atomic E-state index is 13.2. The van der Waals surface area contributed by atoms with Gasteiger partial charge >= 0.3 is 0 Å². The van der Waals surface area contributed by atoms with E-state index in [1.807, 2.05) is 30.3 Å². The molecule has 0 radical (unpaired) electrons. The molecule has 1 fully saturated rings. The third-order valence-corrected chi connectivity index (χ3v) is 5.99. The lowest BCUT2D eigenvalue weighted by atomic mass is 10.1. The van der Waals surface area contributed by atoms with Crippen LogP contribution in [0.5, 0.6) is 0 Å². The molecule has 1 saturated heterocycles. The number of carbonyl (C=O) groups is 1. The van der Waals surface area contributed by atoms with Crippen LogP contribution in [0.3, 0.4) is 0 Å². The fourth-order valence-electron chi connectivity index (χ4n) is 3.01. The second-order valence-electron chi connectivity index (χ2n) is 6.34. The number of morpholine rings is 1. The Labute approximate surface area is 158 Å². The molecule has 1 amide bonds. The molecule has 0 aromatic heterocycles. The van der Waals surface area contributed by atoms with E-state index in [1.165, 1.54) is 13.0 Å². The number of carbonyl (C=O) groups excluding carboxylic acids is 1. The average Bonchev–Trinajstić information content (AvgIpc) is 2.66. The predicted octanol–water partition coefficient (Wildman–Crippen LogP) is 2.01. The van der Waals surface area contributed by atoms with Gasteiger partial charge in [-0.1, -0.05) is 30.3 Å². The van der Waals surface area contributed by atoms with Gasteiger partial charge in [-0.05, 0) is 36.2 Å². The van der Waals surface area contributed by atoms with Crippen LogP contribution in [0.15, 0.2) is 53.4 Å². The number of amides is 1. The van der Waals surface area contributed by atoms with Crippen LogP contribution in [0.4, 0.5) is 4.39 Å². The smallest absolute Gasteiger partial charge is 0.241 e. The number of hydrogen-bond acceptors (Lipinski definition) is 4. The van der Waals surface area contributed by atoms with E-state index in [0.717, 1.165) is 17.7 Å². The summed E-state index contributed by atoms with van der Waals surface area (Å²) in [5.41, 5.74) is 1.25. The molecule has 27 heavy (non-hydrogen) atoms. The van der Waals surface area contributed by atoms with Gasteiger partial charge in [-0.2, -0.15) is 0 Å². The van der Waals surface area contributed by atoms with E-state index >= 15 is 0 Å². The Morgan fingerprint density at radius 3 is 2.70 bits per heavy atom. The normalized spacial score (nSPS) is 17.7. The molecule has 8 heteroatoms. The number of benzene rings is 2. The first-order valence-corrected chi connectivity index (χ1v) is 10.1. The SMILES string of the molecule is Cc1cc(F)ccc1S(=O)(=O)NCC(=O)N1CCO[C@H](c2ccccc2)C1. The van der Waals surface area contributed by atoms with E-state index in [2.05, 4.69) is 4.72 Å². The summed E-state index contributed by atoms with van der Waals surface area (Å²) in [5.74, 6) is -0.842. The van der Waals surface area contributed by atoms with Crippen molar-refractivity contribution in [3.05, 3.63) is 65.5 Å². The van der Waals surface area contributed by atoms with Gasteiger partial charge in [0.1, 0.15) is 11.9 Å². The van der Waals surface area contributed by atoms with Crippen LogP contribution in [-0.4, -0.2) is 45.5 Å². The molecule has 6 nitrogen and oxygen atoms in total. The first kappa shape index (κ1) is 19.5. The van der Waals surface area contributed by atoms with Crippen LogP contribution in [0.2, 0.25) is 0 Å². The second-order valence-corrected chi connectivity index (χ2v) is 8.08. The fourth-order valence-corrected chi connectivity index (χ4v) is 4.20. The summed E-state index contributed by atoms with van der Waals surface area (Å²) >= 11 is 0. The van der Waals surface area contributed by atoms with Gasteiger partial charge in [0, 0.05) is 6.54 Å². The summed E-state index contributed by atoms with van der Waals surface area (Å²) in [6.45, 7) is 2.29. The number of nitrogens with one attached hydrogen (secondary N) is 1. The van der Waals surface area contributed by atoms with Crippen LogP contribution in [0.1, 0.15) is 17.2 Å². The van der Waals surface area contributed by atoms with Crippen molar-refractivity contribution in [1.82, 2.24) is 9.62 Å². The van der Waals surface area contributed by atoms with Crippen molar-refractivity contribution < 1.29 is 22.3 Å². The molecule has 1 N–H and O–H groups in total. The first-order valence-electron chi connectivity index (χ1n) is 8.57. The van der Waals surface area contributed by atoms with Crippen LogP contribution in [0, 0.1) is 12.7 Å². The molecule has 0 spiro atoms. The Balaban J connectivity index is 1.63. The van der Waals surface area contributed by atoms with Gasteiger partial charge in [-0.15, -0.1) is 0 Å². The molecule has 0 saturated carbocycles. The molecule has 1 aliphatic heterocycles. The zero-order valence-corrected chi connectivity index (χ0v) is 15.7. The summed E-state index contributed by atoms with van der Waals surface area (Å²) < 4.78 is 46.0. The van der Waals surface area contributed by atoms with Crippen molar-refractivity contribution in [2.45, 2.75) is 17.9 Å². The second kappa shape index (κ2) is 8.16. The van der Waals surface area contributed by atoms with Gasteiger partial charge < -0.3 is 9.64 Å². The minimum atomic E-state index is -3.90. The average molecular weight is 392 g/mol. The maximum atomic E-state index is 13.2. The Hall–Kier alpha value is -2.29. The third-order valence-electron chi connectivity index (χ3n) is 4.43.